The second-order valence-electron chi connectivity index (χ2n) is 4.36. The van der Waals surface area contributed by atoms with Crippen LogP contribution in [0, 0.1) is 6.92 Å². The molecule has 1 aromatic rings. The van der Waals surface area contributed by atoms with Gasteiger partial charge in [-0.25, -0.2) is 0 Å². The molecule has 19 heavy (non-hydrogen) atoms. The van der Waals surface area contributed by atoms with E-state index in [1.165, 1.54) is 0 Å². The number of carbonyl (C=O) groups is 2. The van der Waals surface area contributed by atoms with E-state index in [0.29, 0.717) is 12.3 Å². The zero-order chi connectivity index (χ0) is 14.0. The summed E-state index contributed by atoms with van der Waals surface area (Å²) in [5.41, 5.74) is 2.57. The fourth-order valence-corrected chi connectivity index (χ4v) is 2.65. The highest BCUT2D eigenvalue weighted by molar-refractivity contribution is 9.10. The Kier molecular flexibility index (Phi) is 4.09. The molecule has 1 aliphatic heterocycles. The molecule has 1 aromatic carbocycles. The van der Waals surface area contributed by atoms with Crippen molar-refractivity contribution >= 4 is 39.2 Å². The van der Waals surface area contributed by atoms with E-state index in [9.17, 15) is 9.59 Å². The minimum Gasteiger partial charge on any atom is -0.466 e. The SMILES string of the molecule is CCOC(=O)CC1Nc2cc(C)cc(Br)c2NC1=O. The second-order valence-corrected chi connectivity index (χ2v) is 5.22. The maximum Gasteiger partial charge on any atom is 0.308 e. The van der Waals surface area contributed by atoms with Crippen LogP contribution in [0.3, 0.4) is 0 Å². The van der Waals surface area contributed by atoms with Crippen molar-refractivity contribution in [2.24, 2.45) is 0 Å². The Morgan fingerprint density at radius 1 is 1.47 bits per heavy atom. The first-order valence-electron chi connectivity index (χ1n) is 6.04. The molecule has 1 unspecified atom stereocenters. The zero-order valence-corrected chi connectivity index (χ0v) is 12.3. The van der Waals surface area contributed by atoms with Gasteiger partial charge in [-0.15, -0.1) is 0 Å². The molecule has 5 nitrogen and oxygen atoms in total. The molecule has 2 rings (SSSR count). The summed E-state index contributed by atoms with van der Waals surface area (Å²) in [4.78, 5) is 23.4. The fourth-order valence-electron chi connectivity index (χ4n) is 1.98. The molecule has 1 amide bonds. The second kappa shape index (κ2) is 5.61. The first-order valence-corrected chi connectivity index (χ1v) is 6.83. The molecule has 1 heterocycles. The highest BCUT2D eigenvalue weighted by Gasteiger charge is 2.29. The van der Waals surface area contributed by atoms with Crippen LogP contribution in [0.2, 0.25) is 0 Å². The zero-order valence-electron chi connectivity index (χ0n) is 10.7. The van der Waals surface area contributed by atoms with E-state index < -0.39 is 6.04 Å². The van der Waals surface area contributed by atoms with Gasteiger partial charge in [0.15, 0.2) is 0 Å². The molecule has 6 heteroatoms. The van der Waals surface area contributed by atoms with Crippen LogP contribution in [0.4, 0.5) is 11.4 Å². The van der Waals surface area contributed by atoms with Gasteiger partial charge in [0.25, 0.3) is 0 Å². The van der Waals surface area contributed by atoms with Gasteiger partial charge in [-0.1, -0.05) is 0 Å². The van der Waals surface area contributed by atoms with E-state index in [0.717, 1.165) is 15.7 Å². The Balaban J connectivity index is 2.19. The number of benzene rings is 1. The summed E-state index contributed by atoms with van der Waals surface area (Å²) in [5, 5.41) is 5.87. The van der Waals surface area contributed by atoms with Crippen LogP contribution >= 0.6 is 15.9 Å². The third-order valence-electron chi connectivity index (χ3n) is 2.81. The molecular formula is C13H15BrN2O3. The molecule has 1 aliphatic rings. The Hall–Kier alpha value is -1.56. The number of fused-ring (bicyclic) bond motifs is 1. The van der Waals surface area contributed by atoms with Crippen LogP contribution in [0.15, 0.2) is 16.6 Å². The Bertz CT molecular complexity index is 531. The van der Waals surface area contributed by atoms with Crippen molar-refractivity contribution in [1.29, 1.82) is 0 Å². The molecule has 0 radical (unpaired) electrons. The molecule has 0 saturated carbocycles. The van der Waals surface area contributed by atoms with Crippen molar-refractivity contribution < 1.29 is 14.3 Å². The van der Waals surface area contributed by atoms with Gasteiger partial charge in [-0.3, -0.25) is 9.59 Å². The topological polar surface area (TPSA) is 67.4 Å². The van der Waals surface area contributed by atoms with E-state index in [2.05, 4.69) is 26.6 Å². The number of esters is 1. The lowest BCUT2D eigenvalue weighted by Crippen LogP contribution is -2.40. The van der Waals surface area contributed by atoms with Crippen molar-refractivity contribution in [3.63, 3.8) is 0 Å². The molecular weight excluding hydrogens is 312 g/mol. The highest BCUT2D eigenvalue weighted by atomic mass is 79.9. The number of hydrogen-bond acceptors (Lipinski definition) is 4. The van der Waals surface area contributed by atoms with Gasteiger partial charge in [0.1, 0.15) is 6.04 Å². The maximum absolute atomic E-state index is 11.9. The normalized spacial score (nSPS) is 17.2. The lowest BCUT2D eigenvalue weighted by atomic mass is 10.1. The Labute approximate surface area is 119 Å². The number of carbonyl (C=O) groups excluding carboxylic acids is 2. The van der Waals surface area contributed by atoms with Crippen molar-refractivity contribution in [1.82, 2.24) is 0 Å². The standard InChI is InChI=1S/C13H15BrN2O3/c1-3-19-11(17)6-10-13(18)16-12-8(14)4-7(2)5-9(12)15-10/h4-5,10,15H,3,6H2,1-2H3,(H,16,18). The maximum atomic E-state index is 11.9. The average molecular weight is 327 g/mol. The van der Waals surface area contributed by atoms with E-state index in [1.807, 2.05) is 19.1 Å². The van der Waals surface area contributed by atoms with Crippen molar-refractivity contribution in [3.05, 3.63) is 22.2 Å². The number of rotatable bonds is 3. The first kappa shape index (κ1) is 13.9. The number of aryl methyl sites for hydroxylation is 1. The van der Waals surface area contributed by atoms with Crippen molar-refractivity contribution in [2.75, 3.05) is 17.2 Å². The van der Waals surface area contributed by atoms with Crippen LogP contribution < -0.4 is 10.6 Å². The summed E-state index contributed by atoms with van der Waals surface area (Å²) in [5.74, 6) is -0.615. The monoisotopic (exact) mass is 326 g/mol. The lowest BCUT2D eigenvalue weighted by Gasteiger charge is -2.27. The predicted octanol–water partition coefficient (Wildman–Crippen LogP) is 2.44. The van der Waals surface area contributed by atoms with Crippen molar-refractivity contribution in [3.8, 4) is 0 Å². The van der Waals surface area contributed by atoms with Gasteiger partial charge in [-0.05, 0) is 47.5 Å². The van der Waals surface area contributed by atoms with E-state index in [4.69, 9.17) is 4.74 Å². The number of amides is 1. The van der Waals surface area contributed by atoms with Crippen LogP contribution in [-0.4, -0.2) is 24.5 Å². The number of anilines is 2. The van der Waals surface area contributed by atoms with Gasteiger partial charge in [0, 0.05) is 4.47 Å². The van der Waals surface area contributed by atoms with Gasteiger partial charge >= 0.3 is 5.97 Å². The van der Waals surface area contributed by atoms with Gasteiger partial charge < -0.3 is 15.4 Å². The molecule has 0 aliphatic carbocycles. The average Bonchev–Trinajstić information content (AvgIpc) is 2.31. The summed E-state index contributed by atoms with van der Waals surface area (Å²) in [7, 11) is 0. The van der Waals surface area contributed by atoms with Crippen LogP contribution in [-0.2, 0) is 14.3 Å². The van der Waals surface area contributed by atoms with E-state index in [1.54, 1.807) is 6.92 Å². The number of halogens is 1. The Morgan fingerprint density at radius 2 is 2.21 bits per heavy atom. The van der Waals surface area contributed by atoms with E-state index in [-0.39, 0.29) is 18.3 Å². The van der Waals surface area contributed by atoms with Crippen LogP contribution in [0.5, 0.6) is 0 Å². The minimum absolute atomic E-state index is 0.0185. The highest BCUT2D eigenvalue weighted by Crippen LogP contribution is 2.35. The van der Waals surface area contributed by atoms with Crippen molar-refractivity contribution in [2.45, 2.75) is 26.3 Å². The predicted molar refractivity (Wildman–Crippen MR) is 76.2 cm³/mol. The first-order chi connectivity index (χ1) is 9.01. The molecule has 0 bridgehead atoms. The summed E-state index contributed by atoms with van der Waals surface area (Å²) in [6, 6.07) is 3.25. The number of ether oxygens (including phenoxy) is 1. The minimum atomic E-state index is -0.597. The smallest absolute Gasteiger partial charge is 0.308 e. The molecule has 2 N–H and O–H groups in total. The summed E-state index contributed by atoms with van der Waals surface area (Å²) >= 11 is 3.41. The molecule has 0 fully saturated rings. The molecule has 0 saturated heterocycles. The Morgan fingerprint density at radius 3 is 2.89 bits per heavy atom. The summed E-state index contributed by atoms with van der Waals surface area (Å²) in [6.07, 6.45) is 0.0185. The number of hydrogen-bond donors (Lipinski definition) is 2. The quantitative estimate of drug-likeness (QED) is 0.837. The molecule has 102 valence electrons. The molecule has 1 atom stereocenters. The van der Waals surface area contributed by atoms with Crippen LogP contribution in [0.25, 0.3) is 0 Å². The summed E-state index contributed by atoms with van der Waals surface area (Å²) < 4.78 is 5.68. The third-order valence-corrected chi connectivity index (χ3v) is 3.43. The number of nitrogens with one attached hydrogen (secondary N) is 2. The fraction of sp³-hybridized carbons (Fsp3) is 0.385. The lowest BCUT2D eigenvalue weighted by molar-refractivity contribution is -0.144. The third kappa shape index (κ3) is 3.07. The van der Waals surface area contributed by atoms with Gasteiger partial charge in [0.2, 0.25) is 5.91 Å². The van der Waals surface area contributed by atoms with Gasteiger partial charge in [0.05, 0.1) is 24.4 Å². The van der Waals surface area contributed by atoms with E-state index >= 15 is 0 Å². The largest absolute Gasteiger partial charge is 0.466 e. The summed E-state index contributed by atoms with van der Waals surface area (Å²) in [6.45, 7) is 4.01. The molecule has 0 spiro atoms. The van der Waals surface area contributed by atoms with Crippen LogP contribution in [0.1, 0.15) is 18.9 Å². The van der Waals surface area contributed by atoms with Gasteiger partial charge in [-0.2, -0.15) is 0 Å². The molecule has 0 aromatic heterocycles.